The standard InChI is InChI=1S/C17H24FNO/c1-11-7-16(2,3)10-17(8-11)9-14(19)13-5-4-12(18)6-15(13)20-17/h4-6,11,14H,7-10,19H2,1-3H3/t11?,14-,17?/m0/s1. The Morgan fingerprint density at radius 1 is 1.25 bits per heavy atom. The monoisotopic (exact) mass is 277 g/mol. The lowest BCUT2D eigenvalue weighted by Crippen LogP contribution is -2.50. The third-order valence-electron chi connectivity index (χ3n) is 4.72. The van der Waals surface area contributed by atoms with Gasteiger partial charge in [0, 0.05) is 24.1 Å². The van der Waals surface area contributed by atoms with Crippen molar-refractivity contribution in [3.8, 4) is 5.75 Å². The molecule has 20 heavy (non-hydrogen) atoms. The molecule has 3 heteroatoms. The van der Waals surface area contributed by atoms with E-state index in [0.29, 0.717) is 11.7 Å². The highest BCUT2D eigenvalue weighted by atomic mass is 19.1. The molecule has 1 aromatic carbocycles. The molecule has 0 amide bonds. The van der Waals surface area contributed by atoms with E-state index in [1.807, 2.05) is 0 Å². The summed E-state index contributed by atoms with van der Waals surface area (Å²) in [7, 11) is 0. The van der Waals surface area contributed by atoms with Crippen molar-refractivity contribution in [2.45, 2.75) is 58.1 Å². The van der Waals surface area contributed by atoms with E-state index in [1.54, 1.807) is 6.07 Å². The SMILES string of the molecule is CC1CC(C)(C)CC2(C1)C[C@H](N)c1ccc(F)cc1O2. The average Bonchev–Trinajstić information content (AvgIpc) is 2.23. The Bertz CT molecular complexity index is 528. The second-order valence-electron chi connectivity index (χ2n) is 7.63. The molecule has 1 heterocycles. The smallest absolute Gasteiger partial charge is 0.127 e. The summed E-state index contributed by atoms with van der Waals surface area (Å²) in [6.45, 7) is 6.86. The fourth-order valence-electron chi connectivity index (χ4n) is 4.59. The van der Waals surface area contributed by atoms with Crippen LogP contribution in [0.1, 0.15) is 58.1 Å². The molecule has 0 aromatic heterocycles. The molecule has 1 fully saturated rings. The largest absolute Gasteiger partial charge is 0.487 e. The first kappa shape index (κ1) is 13.9. The first-order valence-corrected chi connectivity index (χ1v) is 7.53. The highest BCUT2D eigenvalue weighted by molar-refractivity contribution is 5.39. The molecule has 3 rings (SSSR count). The van der Waals surface area contributed by atoms with Crippen molar-refractivity contribution in [2.24, 2.45) is 17.1 Å². The molecule has 2 unspecified atom stereocenters. The molecule has 2 N–H and O–H groups in total. The van der Waals surface area contributed by atoms with E-state index in [4.69, 9.17) is 10.5 Å². The van der Waals surface area contributed by atoms with E-state index in [1.165, 1.54) is 18.6 Å². The molecular weight excluding hydrogens is 253 g/mol. The molecule has 0 radical (unpaired) electrons. The lowest BCUT2D eigenvalue weighted by Gasteiger charge is -2.50. The van der Waals surface area contributed by atoms with Crippen molar-refractivity contribution in [3.05, 3.63) is 29.6 Å². The van der Waals surface area contributed by atoms with E-state index in [2.05, 4.69) is 20.8 Å². The van der Waals surface area contributed by atoms with Crippen molar-refractivity contribution < 1.29 is 9.13 Å². The molecule has 1 aliphatic carbocycles. The van der Waals surface area contributed by atoms with Crippen LogP contribution in [-0.4, -0.2) is 5.60 Å². The molecule has 1 aliphatic heterocycles. The minimum Gasteiger partial charge on any atom is -0.487 e. The maximum absolute atomic E-state index is 13.5. The van der Waals surface area contributed by atoms with Gasteiger partial charge in [-0.05, 0) is 36.7 Å². The van der Waals surface area contributed by atoms with Gasteiger partial charge in [-0.25, -0.2) is 4.39 Å². The Labute approximate surface area is 120 Å². The number of halogens is 1. The van der Waals surface area contributed by atoms with Gasteiger partial charge in [-0.1, -0.05) is 26.8 Å². The van der Waals surface area contributed by atoms with Crippen molar-refractivity contribution in [1.29, 1.82) is 0 Å². The second kappa shape index (κ2) is 4.45. The molecule has 1 saturated carbocycles. The van der Waals surface area contributed by atoms with Gasteiger partial charge in [-0.15, -0.1) is 0 Å². The molecule has 1 spiro atoms. The summed E-state index contributed by atoms with van der Waals surface area (Å²) in [5.74, 6) is 1.01. The summed E-state index contributed by atoms with van der Waals surface area (Å²) in [5.41, 5.74) is 7.30. The minimum atomic E-state index is -0.254. The first-order chi connectivity index (χ1) is 9.29. The van der Waals surface area contributed by atoms with Crippen LogP contribution in [0, 0.1) is 17.2 Å². The van der Waals surface area contributed by atoms with Crippen molar-refractivity contribution in [3.63, 3.8) is 0 Å². The van der Waals surface area contributed by atoms with Crippen LogP contribution in [0.25, 0.3) is 0 Å². The highest BCUT2D eigenvalue weighted by Crippen LogP contribution is 2.52. The van der Waals surface area contributed by atoms with Crippen LogP contribution in [-0.2, 0) is 0 Å². The quantitative estimate of drug-likeness (QED) is 0.771. The van der Waals surface area contributed by atoms with Gasteiger partial charge < -0.3 is 10.5 Å². The molecule has 1 aromatic rings. The minimum absolute atomic E-state index is 0.0551. The zero-order chi connectivity index (χ0) is 14.5. The summed E-state index contributed by atoms with van der Waals surface area (Å²) in [6, 6.07) is 4.66. The summed E-state index contributed by atoms with van der Waals surface area (Å²) < 4.78 is 19.8. The number of fused-ring (bicyclic) bond motifs is 1. The predicted molar refractivity (Wildman–Crippen MR) is 78.1 cm³/mol. The number of benzene rings is 1. The zero-order valence-corrected chi connectivity index (χ0v) is 12.6. The Hall–Kier alpha value is -1.09. The Morgan fingerprint density at radius 3 is 2.70 bits per heavy atom. The van der Waals surface area contributed by atoms with Gasteiger partial charge in [0.2, 0.25) is 0 Å². The summed E-state index contributed by atoms with van der Waals surface area (Å²) >= 11 is 0. The Morgan fingerprint density at radius 2 is 2.00 bits per heavy atom. The van der Waals surface area contributed by atoms with Crippen LogP contribution in [0.5, 0.6) is 5.75 Å². The van der Waals surface area contributed by atoms with Gasteiger partial charge >= 0.3 is 0 Å². The lowest BCUT2D eigenvalue weighted by atomic mass is 9.63. The van der Waals surface area contributed by atoms with E-state index >= 15 is 0 Å². The topological polar surface area (TPSA) is 35.2 Å². The van der Waals surface area contributed by atoms with E-state index in [0.717, 1.165) is 24.8 Å². The number of nitrogens with two attached hydrogens (primary N) is 1. The van der Waals surface area contributed by atoms with Crippen molar-refractivity contribution in [1.82, 2.24) is 0 Å². The second-order valence-corrected chi connectivity index (χ2v) is 7.63. The fourth-order valence-corrected chi connectivity index (χ4v) is 4.59. The summed E-state index contributed by atoms with van der Waals surface area (Å²) in [4.78, 5) is 0. The average molecular weight is 277 g/mol. The van der Waals surface area contributed by atoms with Gasteiger partial charge in [0.25, 0.3) is 0 Å². The van der Waals surface area contributed by atoms with Crippen LogP contribution in [0.15, 0.2) is 18.2 Å². The predicted octanol–water partition coefficient (Wildman–Crippen LogP) is 4.19. The normalized spacial score (nSPS) is 35.5. The molecule has 0 bridgehead atoms. The third-order valence-corrected chi connectivity index (χ3v) is 4.72. The molecule has 3 atom stereocenters. The molecule has 0 saturated heterocycles. The lowest BCUT2D eigenvalue weighted by molar-refractivity contribution is -0.0572. The number of ether oxygens (including phenoxy) is 1. The highest BCUT2D eigenvalue weighted by Gasteiger charge is 2.48. The summed E-state index contributed by atoms with van der Waals surface area (Å²) in [5, 5.41) is 0. The van der Waals surface area contributed by atoms with E-state index in [9.17, 15) is 4.39 Å². The molecule has 110 valence electrons. The number of hydrogen-bond donors (Lipinski definition) is 1. The molecular formula is C17H24FNO. The van der Waals surface area contributed by atoms with Crippen molar-refractivity contribution >= 4 is 0 Å². The first-order valence-electron chi connectivity index (χ1n) is 7.53. The van der Waals surface area contributed by atoms with Crippen LogP contribution in [0.2, 0.25) is 0 Å². The van der Waals surface area contributed by atoms with E-state index in [-0.39, 0.29) is 22.9 Å². The van der Waals surface area contributed by atoms with Gasteiger partial charge in [-0.2, -0.15) is 0 Å². The number of rotatable bonds is 0. The van der Waals surface area contributed by atoms with Crippen LogP contribution >= 0.6 is 0 Å². The van der Waals surface area contributed by atoms with Gasteiger partial charge in [0.05, 0.1) is 0 Å². The third kappa shape index (κ3) is 2.44. The molecule has 2 nitrogen and oxygen atoms in total. The van der Waals surface area contributed by atoms with Crippen molar-refractivity contribution in [2.75, 3.05) is 0 Å². The maximum atomic E-state index is 13.5. The Balaban J connectivity index is 1.97. The summed E-state index contributed by atoms with van der Waals surface area (Å²) in [6.07, 6.45) is 4.05. The maximum Gasteiger partial charge on any atom is 0.127 e. The number of hydrogen-bond acceptors (Lipinski definition) is 2. The van der Waals surface area contributed by atoms with Crippen LogP contribution in [0.3, 0.4) is 0 Å². The Kier molecular flexibility index (Phi) is 3.09. The van der Waals surface area contributed by atoms with Gasteiger partial charge in [0.15, 0.2) is 0 Å². The van der Waals surface area contributed by atoms with Gasteiger partial charge in [-0.3, -0.25) is 0 Å². The van der Waals surface area contributed by atoms with Gasteiger partial charge in [0.1, 0.15) is 17.2 Å². The zero-order valence-electron chi connectivity index (χ0n) is 12.6. The van der Waals surface area contributed by atoms with Crippen LogP contribution in [0.4, 0.5) is 4.39 Å². The fraction of sp³-hybridized carbons (Fsp3) is 0.647. The molecule has 2 aliphatic rings. The van der Waals surface area contributed by atoms with Crippen LogP contribution < -0.4 is 10.5 Å². The van der Waals surface area contributed by atoms with E-state index < -0.39 is 0 Å².